The first-order valence-corrected chi connectivity index (χ1v) is 5.75. The summed E-state index contributed by atoms with van der Waals surface area (Å²) in [5.41, 5.74) is 3.90. The largest absolute Gasteiger partial charge is 0.480 e. The molecule has 1 aliphatic rings. The van der Waals surface area contributed by atoms with Gasteiger partial charge in [0.15, 0.2) is 11.5 Å². The summed E-state index contributed by atoms with van der Waals surface area (Å²) in [4.78, 5) is 30.5. The van der Waals surface area contributed by atoms with Gasteiger partial charge >= 0.3 is 5.97 Å². The van der Waals surface area contributed by atoms with E-state index in [0.29, 0.717) is 13.2 Å². The summed E-state index contributed by atoms with van der Waals surface area (Å²) in [7, 11) is 0. The van der Waals surface area contributed by atoms with Crippen LogP contribution in [-0.2, 0) is 9.53 Å². The Morgan fingerprint density at radius 1 is 1.32 bits per heavy atom. The van der Waals surface area contributed by atoms with E-state index in [1.807, 2.05) is 0 Å². The topological polar surface area (TPSA) is 127 Å². The molecule has 19 heavy (non-hydrogen) atoms. The second-order valence-electron chi connectivity index (χ2n) is 4.24. The van der Waals surface area contributed by atoms with E-state index in [2.05, 4.69) is 15.3 Å². The zero-order valence-electron chi connectivity index (χ0n) is 10.1. The van der Waals surface area contributed by atoms with Crippen molar-refractivity contribution in [2.75, 3.05) is 18.5 Å². The molecule has 1 amide bonds. The number of ether oxygens (including phenoxy) is 1. The molecule has 0 aromatic carbocycles. The van der Waals surface area contributed by atoms with Crippen LogP contribution in [0.15, 0.2) is 12.4 Å². The minimum absolute atomic E-state index is 0.0744. The predicted molar refractivity (Wildman–Crippen MR) is 64.6 cm³/mol. The number of rotatable bonds is 4. The van der Waals surface area contributed by atoms with Gasteiger partial charge in [-0.05, 0) is 0 Å². The Balaban J connectivity index is 2.32. The Labute approximate surface area is 109 Å². The fourth-order valence-corrected chi connectivity index (χ4v) is 1.95. The summed E-state index contributed by atoms with van der Waals surface area (Å²) in [5.74, 6) is -1.70. The number of carbonyl (C=O) groups excluding carboxylic acids is 1. The molecule has 1 fully saturated rings. The molecule has 1 saturated heterocycles. The molecule has 0 atom stereocenters. The maximum absolute atomic E-state index is 11.5. The van der Waals surface area contributed by atoms with Crippen LogP contribution in [0.25, 0.3) is 0 Å². The van der Waals surface area contributed by atoms with Gasteiger partial charge in [-0.15, -0.1) is 0 Å². The minimum atomic E-state index is -1.21. The summed E-state index contributed by atoms with van der Waals surface area (Å²) < 4.78 is 5.16. The van der Waals surface area contributed by atoms with Crippen LogP contribution in [0.4, 0.5) is 5.82 Å². The zero-order valence-corrected chi connectivity index (χ0v) is 10.1. The van der Waals surface area contributed by atoms with Crippen molar-refractivity contribution in [1.82, 2.24) is 9.97 Å². The lowest BCUT2D eigenvalue weighted by Gasteiger charge is -2.34. The van der Waals surface area contributed by atoms with Gasteiger partial charge in [0.1, 0.15) is 5.54 Å². The SMILES string of the molecule is NC(=O)c1nccnc1NC1(C(=O)O)CCOCC1. The number of aromatic nitrogens is 2. The van der Waals surface area contributed by atoms with E-state index in [4.69, 9.17) is 10.5 Å². The number of nitrogens with zero attached hydrogens (tertiary/aromatic N) is 2. The fraction of sp³-hybridized carbons (Fsp3) is 0.455. The Hall–Kier alpha value is -2.22. The second kappa shape index (κ2) is 5.19. The maximum atomic E-state index is 11.5. The third kappa shape index (κ3) is 2.63. The molecule has 4 N–H and O–H groups in total. The number of primary amides is 1. The molecule has 0 saturated carbocycles. The van der Waals surface area contributed by atoms with Gasteiger partial charge in [-0.2, -0.15) is 0 Å². The van der Waals surface area contributed by atoms with Crippen molar-refractivity contribution in [3.63, 3.8) is 0 Å². The van der Waals surface area contributed by atoms with E-state index in [0.717, 1.165) is 0 Å². The zero-order chi connectivity index (χ0) is 13.9. The number of nitrogens with one attached hydrogen (secondary N) is 1. The van der Waals surface area contributed by atoms with Gasteiger partial charge in [-0.3, -0.25) is 4.79 Å². The lowest BCUT2D eigenvalue weighted by Crippen LogP contribution is -2.51. The van der Waals surface area contributed by atoms with Crippen LogP contribution < -0.4 is 11.1 Å². The second-order valence-corrected chi connectivity index (χ2v) is 4.24. The van der Waals surface area contributed by atoms with Crippen LogP contribution in [0.5, 0.6) is 0 Å². The number of carboxylic acid groups (broad SMARTS) is 1. The van der Waals surface area contributed by atoms with Crippen molar-refractivity contribution in [3.8, 4) is 0 Å². The molecule has 1 aromatic rings. The van der Waals surface area contributed by atoms with Crippen LogP contribution in [0.2, 0.25) is 0 Å². The van der Waals surface area contributed by atoms with E-state index < -0.39 is 17.4 Å². The van der Waals surface area contributed by atoms with Crippen LogP contribution in [0.1, 0.15) is 23.3 Å². The first-order chi connectivity index (χ1) is 9.05. The van der Waals surface area contributed by atoms with E-state index in [1.165, 1.54) is 12.4 Å². The number of carboxylic acids is 1. The first-order valence-electron chi connectivity index (χ1n) is 5.75. The molecule has 1 aliphatic heterocycles. The van der Waals surface area contributed by atoms with Crippen molar-refractivity contribution in [2.24, 2.45) is 5.73 Å². The summed E-state index contributed by atoms with van der Waals surface area (Å²) in [6.45, 7) is 0.650. The Kier molecular flexibility index (Phi) is 3.61. The molecule has 8 nitrogen and oxygen atoms in total. The number of hydrogen-bond donors (Lipinski definition) is 3. The summed E-state index contributed by atoms with van der Waals surface area (Å²) in [6, 6.07) is 0. The minimum Gasteiger partial charge on any atom is -0.480 e. The van der Waals surface area contributed by atoms with Crippen molar-refractivity contribution in [3.05, 3.63) is 18.1 Å². The molecule has 0 radical (unpaired) electrons. The molecule has 2 rings (SSSR count). The molecule has 0 spiro atoms. The predicted octanol–water partition coefficient (Wildman–Crippen LogP) is -0.379. The summed E-state index contributed by atoms with van der Waals surface area (Å²) in [5, 5.41) is 12.2. The van der Waals surface area contributed by atoms with E-state index in [-0.39, 0.29) is 24.4 Å². The van der Waals surface area contributed by atoms with Crippen LogP contribution in [0.3, 0.4) is 0 Å². The summed E-state index contributed by atoms with van der Waals surface area (Å²) in [6.07, 6.45) is 3.24. The van der Waals surface area contributed by atoms with Crippen LogP contribution >= 0.6 is 0 Å². The molecular weight excluding hydrogens is 252 g/mol. The monoisotopic (exact) mass is 266 g/mol. The molecule has 0 unspecified atom stereocenters. The van der Waals surface area contributed by atoms with Crippen molar-refractivity contribution < 1.29 is 19.4 Å². The maximum Gasteiger partial charge on any atom is 0.329 e. The Bertz CT molecular complexity index is 499. The molecular formula is C11H14N4O4. The molecule has 102 valence electrons. The normalized spacial score (nSPS) is 17.7. The van der Waals surface area contributed by atoms with Crippen LogP contribution in [0, 0.1) is 0 Å². The smallest absolute Gasteiger partial charge is 0.329 e. The standard InChI is InChI=1S/C11H14N4O4/c12-8(16)7-9(14-4-3-13-7)15-11(10(17)18)1-5-19-6-2-11/h3-4H,1-2,5-6H2,(H2,12,16)(H,14,15)(H,17,18). The quantitative estimate of drug-likeness (QED) is 0.677. The van der Waals surface area contributed by atoms with Gasteiger partial charge in [0.05, 0.1) is 0 Å². The van der Waals surface area contributed by atoms with Gasteiger partial charge in [0.25, 0.3) is 5.91 Å². The van der Waals surface area contributed by atoms with Gasteiger partial charge in [-0.25, -0.2) is 14.8 Å². The third-order valence-corrected chi connectivity index (χ3v) is 3.05. The number of hydrogen-bond acceptors (Lipinski definition) is 6. The van der Waals surface area contributed by atoms with Gasteiger partial charge in [-0.1, -0.05) is 0 Å². The van der Waals surface area contributed by atoms with Crippen molar-refractivity contribution >= 4 is 17.7 Å². The highest BCUT2D eigenvalue weighted by Gasteiger charge is 2.41. The summed E-state index contributed by atoms with van der Waals surface area (Å²) >= 11 is 0. The van der Waals surface area contributed by atoms with Crippen LogP contribution in [-0.4, -0.2) is 45.7 Å². The third-order valence-electron chi connectivity index (χ3n) is 3.05. The highest BCUT2D eigenvalue weighted by molar-refractivity contribution is 5.96. The lowest BCUT2D eigenvalue weighted by molar-refractivity contribution is -0.145. The van der Waals surface area contributed by atoms with E-state index in [1.54, 1.807) is 0 Å². The number of aliphatic carboxylic acids is 1. The van der Waals surface area contributed by atoms with Crippen molar-refractivity contribution in [2.45, 2.75) is 18.4 Å². The van der Waals surface area contributed by atoms with Crippen molar-refractivity contribution in [1.29, 1.82) is 0 Å². The molecule has 0 aliphatic carbocycles. The molecule has 1 aromatic heterocycles. The average molecular weight is 266 g/mol. The highest BCUT2D eigenvalue weighted by Crippen LogP contribution is 2.26. The van der Waals surface area contributed by atoms with Gasteiger partial charge in [0.2, 0.25) is 0 Å². The highest BCUT2D eigenvalue weighted by atomic mass is 16.5. The van der Waals surface area contributed by atoms with Gasteiger partial charge in [0, 0.05) is 38.4 Å². The molecule has 8 heteroatoms. The number of nitrogens with two attached hydrogens (primary N) is 1. The molecule has 0 bridgehead atoms. The first kappa shape index (κ1) is 13.2. The molecule has 2 heterocycles. The van der Waals surface area contributed by atoms with E-state index in [9.17, 15) is 14.7 Å². The number of anilines is 1. The number of amides is 1. The average Bonchev–Trinajstić information content (AvgIpc) is 2.40. The number of carbonyl (C=O) groups is 2. The van der Waals surface area contributed by atoms with Gasteiger partial charge < -0.3 is 20.9 Å². The Morgan fingerprint density at radius 2 is 1.95 bits per heavy atom. The lowest BCUT2D eigenvalue weighted by atomic mass is 9.90. The fourth-order valence-electron chi connectivity index (χ4n) is 1.95. The Morgan fingerprint density at radius 3 is 2.53 bits per heavy atom. The van der Waals surface area contributed by atoms with E-state index >= 15 is 0 Å².